The van der Waals surface area contributed by atoms with Gasteiger partial charge in [-0.2, -0.15) is 0 Å². The number of aliphatic hydroxyl groups excluding tert-OH is 1. The van der Waals surface area contributed by atoms with E-state index in [9.17, 15) is 0 Å². The smallest absolute Gasteiger partial charge is 0.310 e. The molecule has 1 atom stereocenters. The predicted octanol–water partition coefficient (Wildman–Crippen LogP) is 3.46. The Morgan fingerprint density at radius 2 is 1.38 bits per heavy atom. The van der Waals surface area contributed by atoms with E-state index in [1.165, 1.54) is 0 Å². The lowest BCUT2D eigenvalue weighted by molar-refractivity contribution is -0.428. The summed E-state index contributed by atoms with van der Waals surface area (Å²) in [5.41, 5.74) is 0. The van der Waals surface area contributed by atoms with E-state index in [2.05, 4.69) is 20.8 Å². The summed E-state index contributed by atoms with van der Waals surface area (Å²) < 4.78 is 28.9. The van der Waals surface area contributed by atoms with Crippen molar-refractivity contribution < 1.29 is 28.8 Å². The number of rotatable bonds is 18. The molecule has 0 amide bonds. The molecule has 0 aliphatic heterocycles. The molecule has 0 saturated heterocycles. The predicted molar refractivity (Wildman–Crippen MR) is 93.8 cm³/mol. The number of aliphatic hydroxyl groups is 1. The fourth-order valence-corrected chi connectivity index (χ4v) is 1.92. The van der Waals surface area contributed by atoms with Crippen molar-refractivity contribution in [1.82, 2.24) is 0 Å². The minimum atomic E-state index is -1.26. The van der Waals surface area contributed by atoms with Gasteiger partial charge >= 0.3 is 5.97 Å². The van der Waals surface area contributed by atoms with E-state index in [1.54, 1.807) is 6.92 Å². The molecule has 0 saturated carbocycles. The second-order valence-corrected chi connectivity index (χ2v) is 5.77. The van der Waals surface area contributed by atoms with Crippen molar-refractivity contribution in [2.45, 2.75) is 78.5 Å². The van der Waals surface area contributed by atoms with Crippen molar-refractivity contribution >= 4 is 0 Å². The lowest BCUT2D eigenvalue weighted by atomic mass is 10.3. The van der Waals surface area contributed by atoms with Crippen LogP contribution >= 0.6 is 0 Å². The molecule has 0 aromatic rings. The molecule has 0 spiro atoms. The molecule has 1 N–H and O–H groups in total. The summed E-state index contributed by atoms with van der Waals surface area (Å²) in [6.07, 6.45) is 5.38. The second-order valence-electron chi connectivity index (χ2n) is 5.77. The average molecular weight is 350 g/mol. The Balaban J connectivity index is 4.78. The van der Waals surface area contributed by atoms with Crippen LogP contribution in [0.4, 0.5) is 0 Å². The molecular formula is C18H38O6. The van der Waals surface area contributed by atoms with Gasteiger partial charge in [-0.25, -0.2) is 0 Å². The molecule has 6 heteroatoms. The molecule has 1 unspecified atom stereocenters. The van der Waals surface area contributed by atoms with Crippen LogP contribution in [0, 0.1) is 0 Å². The molecule has 0 rings (SSSR count). The molecular weight excluding hydrogens is 312 g/mol. The van der Waals surface area contributed by atoms with E-state index in [4.69, 9.17) is 28.8 Å². The van der Waals surface area contributed by atoms with Crippen LogP contribution in [0.1, 0.15) is 66.2 Å². The third kappa shape index (κ3) is 12.2. The summed E-state index contributed by atoms with van der Waals surface area (Å²) in [5.74, 6) is -1.26. The largest absolute Gasteiger partial charge is 0.394 e. The number of ether oxygens (including phenoxy) is 5. The Hall–Kier alpha value is -0.240. The maximum absolute atomic E-state index is 8.89. The maximum Gasteiger partial charge on any atom is 0.310 e. The fourth-order valence-electron chi connectivity index (χ4n) is 1.92. The van der Waals surface area contributed by atoms with Crippen molar-refractivity contribution in [2.24, 2.45) is 0 Å². The first-order valence-electron chi connectivity index (χ1n) is 9.40. The molecule has 0 aliphatic rings. The van der Waals surface area contributed by atoms with Crippen LogP contribution in [0.5, 0.6) is 0 Å². The van der Waals surface area contributed by atoms with E-state index in [1.807, 2.05) is 0 Å². The zero-order chi connectivity index (χ0) is 18.1. The van der Waals surface area contributed by atoms with E-state index < -0.39 is 12.3 Å². The molecule has 0 radical (unpaired) electrons. The minimum absolute atomic E-state index is 0.0545. The first-order valence-corrected chi connectivity index (χ1v) is 9.40. The van der Waals surface area contributed by atoms with Crippen LogP contribution < -0.4 is 0 Å². The second kappa shape index (κ2) is 16.2. The van der Waals surface area contributed by atoms with Gasteiger partial charge in [0.2, 0.25) is 0 Å². The van der Waals surface area contributed by atoms with E-state index in [-0.39, 0.29) is 19.8 Å². The van der Waals surface area contributed by atoms with E-state index >= 15 is 0 Å². The summed E-state index contributed by atoms with van der Waals surface area (Å²) in [4.78, 5) is 0. The van der Waals surface area contributed by atoms with Gasteiger partial charge in [-0.3, -0.25) is 4.74 Å². The van der Waals surface area contributed by atoms with E-state index in [0.29, 0.717) is 19.8 Å². The summed E-state index contributed by atoms with van der Waals surface area (Å²) in [5, 5.41) is 8.89. The normalized spacial score (nSPS) is 13.4. The summed E-state index contributed by atoms with van der Waals surface area (Å²) in [6.45, 7) is 10.2. The van der Waals surface area contributed by atoms with Crippen LogP contribution in [-0.2, 0) is 23.7 Å². The van der Waals surface area contributed by atoms with Gasteiger partial charge in [0, 0.05) is 6.61 Å². The third-order valence-corrected chi connectivity index (χ3v) is 3.35. The van der Waals surface area contributed by atoms with Crippen molar-refractivity contribution in [2.75, 3.05) is 39.6 Å². The highest BCUT2D eigenvalue weighted by Gasteiger charge is 2.36. The Bertz CT molecular complexity index is 252. The van der Waals surface area contributed by atoms with Crippen molar-refractivity contribution in [3.8, 4) is 0 Å². The first-order chi connectivity index (χ1) is 11.6. The molecule has 0 bridgehead atoms. The third-order valence-electron chi connectivity index (χ3n) is 3.35. The Morgan fingerprint density at radius 1 is 0.833 bits per heavy atom. The van der Waals surface area contributed by atoms with Gasteiger partial charge in [-0.15, -0.1) is 0 Å². The van der Waals surface area contributed by atoms with Gasteiger partial charge < -0.3 is 24.1 Å². The van der Waals surface area contributed by atoms with Gasteiger partial charge in [-0.1, -0.05) is 40.0 Å². The first kappa shape index (κ1) is 23.8. The Kier molecular flexibility index (Phi) is 16.1. The minimum Gasteiger partial charge on any atom is -0.394 e. The van der Waals surface area contributed by atoms with Crippen LogP contribution in [0.25, 0.3) is 0 Å². The quantitative estimate of drug-likeness (QED) is 0.302. The molecule has 146 valence electrons. The number of hydrogen-bond donors (Lipinski definition) is 1. The zero-order valence-corrected chi connectivity index (χ0v) is 16.1. The highest BCUT2D eigenvalue weighted by Crippen LogP contribution is 2.21. The molecule has 0 aliphatic carbocycles. The van der Waals surface area contributed by atoms with Gasteiger partial charge in [0.05, 0.1) is 26.4 Å². The van der Waals surface area contributed by atoms with Gasteiger partial charge in [0.1, 0.15) is 6.61 Å². The molecule has 0 aromatic heterocycles. The van der Waals surface area contributed by atoms with Crippen LogP contribution in [0.3, 0.4) is 0 Å². The molecule has 24 heavy (non-hydrogen) atoms. The van der Waals surface area contributed by atoms with Gasteiger partial charge in [0.25, 0.3) is 0 Å². The fraction of sp³-hybridized carbons (Fsp3) is 1.00. The average Bonchev–Trinajstić information content (AvgIpc) is 2.57. The van der Waals surface area contributed by atoms with Crippen molar-refractivity contribution in [3.63, 3.8) is 0 Å². The van der Waals surface area contributed by atoms with Crippen molar-refractivity contribution in [1.29, 1.82) is 0 Å². The molecule has 6 nitrogen and oxygen atoms in total. The Morgan fingerprint density at radius 3 is 1.88 bits per heavy atom. The molecule has 0 aromatic carbocycles. The standard InChI is InChI=1S/C18H38O6/c1-5-8-12-20-16-18(22-13-9-6-2,23-14-10-7-3)24-17(4)21-15-11-19/h17,19H,5-16H2,1-4H3. The number of hydrogen-bond acceptors (Lipinski definition) is 6. The lowest BCUT2D eigenvalue weighted by Crippen LogP contribution is -2.47. The van der Waals surface area contributed by atoms with Gasteiger partial charge in [-0.05, 0) is 26.2 Å². The summed E-state index contributed by atoms with van der Waals surface area (Å²) in [6, 6.07) is 0. The number of unbranched alkanes of at least 4 members (excludes halogenated alkanes) is 3. The molecule has 0 fully saturated rings. The summed E-state index contributed by atoms with van der Waals surface area (Å²) in [7, 11) is 0. The van der Waals surface area contributed by atoms with Gasteiger partial charge in [0.15, 0.2) is 6.29 Å². The monoisotopic (exact) mass is 350 g/mol. The zero-order valence-electron chi connectivity index (χ0n) is 16.1. The van der Waals surface area contributed by atoms with Crippen LogP contribution in [0.2, 0.25) is 0 Å². The van der Waals surface area contributed by atoms with Crippen LogP contribution in [0.15, 0.2) is 0 Å². The van der Waals surface area contributed by atoms with E-state index in [0.717, 1.165) is 38.5 Å². The lowest BCUT2D eigenvalue weighted by Gasteiger charge is -2.35. The highest BCUT2D eigenvalue weighted by molar-refractivity contribution is 4.59. The Labute approximate surface area is 147 Å². The SMILES string of the molecule is CCCCOCC(OCCCC)(OCCCC)OC(C)OCCO. The maximum atomic E-state index is 8.89. The summed E-state index contributed by atoms with van der Waals surface area (Å²) >= 11 is 0. The van der Waals surface area contributed by atoms with Crippen molar-refractivity contribution in [3.05, 3.63) is 0 Å². The van der Waals surface area contributed by atoms with Crippen LogP contribution in [-0.4, -0.2) is 57.0 Å². The highest BCUT2D eigenvalue weighted by atomic mass is 16.9. The topological polar surface area (TPSA) is 66.4 Å². The molecule has 0 heterocycles.